The summed E-state index contributed by atoms with van der Waals surface area (Å²) in [6.45, 7) is 5.97. The van der Waals surface area contributed by atoms with E-state index in [-0.39, 0.29) is 5.91 Å². The average Bonchev–Trinajstić information content (AvgIpc) is 3.16. The normalized spacial score (nSPS) is 14.5. The second-order valence-corrected chi connectivity index (χ2v) is 6.38. The minimum Gasteiger partial charge on any atom is -0.378 e. The van der Waals surface area contributed by atoms with E-state index in [1.54, 1.807) is 12.7 Å². The van der Waals surface area contributed by atoms with E-state index in [4.69, 9.17) is 4.74 Å². The molecule has 0 aliphatic carbocycles. The summed E-state index contributed by atoms with van der Waals surface area (Å²) in [6, 6.07) is 7.67. The summed E-state index contributed by atoms with van der Waals surface area (Å²) >= 11 is 0. The van der Waals surface area contributed by atoms with Gasteiger partial charge in [-0.2, -0.15) is 0 Å². The molecule has 1 fully saturated rings. The van der Waals surface area contributed by atoms with Crippen LogP contribution in [0.2, 0.25) is 0 Å². The largest absolute Gasteiger partial charge is 0.378 e. The first-order chi connectivity index (χ1) is 13.3. The van der Waals surface area contributed by atoms with Gasteiger partial charge >= 0.3 is 0 Å². The Balaban J connectivity index is 1.43. The van der Waals surface area contributed by atoms with Crippen molar-refractivity contribution in [1.82, 2.24) is 24.4 Å². The number of carbonyl (C=O) groups is 1. The molecule has 1 amide bonds. The van der Waals surface area contributed by atoms with Crippen LogP contribution in [0.3, 0.4) is 0 Å². The van der Waals surface area contributed by atoms with Crippen molar-refractivity contribution >= 4 is 22.9 Å². The number of hydrogen-bond donors (Lipinski definition) is 1. The smallest absolute Gasteiger partial charge is 0.254 e. The molecule has 0 saturated carbocycles. The Morgan fingerprint density at radius 2 is 1.93 bits per heavy atom. The molecule has 3 aromatic rings. The van der Waals surface area contributed by atoms with Crippen LogP contribution in [0.5, 0.6) is 0 Å². The van der Waals surface area contributed by atoms with Crippen LogP contribution in [0.4, 0.5) is 5.82 Å². The van der Waals surface area contributed by atoms with Crippen molar-refractivity contribution in [3.63, 3.8) is 0 Å². The zero-order valence-corrected chi connectivity index (χ0v) is 15.3. The van der Waals surface area contributed by atoms with Gasteiger partial charge in [0.2, 0.25) is 0 Å². The number of amides is 1. The van der Waals surface area contributed by atoms with Crippen LogP contribution >= 0.6 is 0 Å². The van der Waals surface area contributed by atoms with E-state index < -0.39 is 0 Å². The summed E-state index contributed by atoms with van der Waals surface area (Å²) < 4.78 is 7.28. The van der Waals surface area contributed by atoms with Crippen LogP contribution in [0.25, 0.3) is 11.2 Å². The summed E-state index contributed by atoms with van der Waals surface area (Å²) in [4.78, 5) is 27.3. The van der Waals surface area contributed by atoms with Gasteiger partial charge in [-0.25, -0.2) is 15.0 Å². The summed E-state index contributed by atoms with van der Waals surface area (Å²) in [7, 11) is 0. The molecule has 8 nitrogen and oxygen atoms in total. The fourth-order valence-electron chi connectivity index (χ4n) is 3.14. The highest BCUT2D eigenvalue weighted by Crippen LogP contribution is 2.18. The number of ether oxygens (including phenoxy) is 1. The summed E-state index contributed by atoms with van der Waals surface area (Å²) in [5.74, 6) is 0.765. The van der Waals surface area contributed by atoms with Crippen molar-refractivity contribution < 1.29 is 9.53 Å². The van der Waals surface area contributed by atoms with Crippen LogP contribution in [0, 0.1) is 0 Å². The van der Waals surface area contributed by atoms with Crippen LogP contribution in [-0.2, 0) is 17.8 Å². The quantitative estimate of drug-likeness (QED) is 0.743. The fraction of sp³-hybridized carbons (Fsp3) is 0.368. The zero-order chi connectivity index (χ0) is 18.6. The molecule has 0 unspecified atom stereocenters. The Kier molecular flexibility index (Phi) is 4.97. The molecule has 140 valence electrons. The molecule has 1 aliphatic heterocycles. The maximum atomic E-state index is 12.5. The van der Waals surface area contributed by atoms with Crippen molar-refractivity contribution in [2.45, 2.75) is 20.0 Å². The van der Waals surface area contributed by atoms with Gasteiger partial charge in [0.05, 0.1) is 19.5 Å². The fourth-order valence-corrected chi connectivity index (χ4v) is 3.14. The van der Waals surface area contributed by atoms with Crippen LogP contribution in [0.15, 0.2) is 36.9 Å². The number of nitrogens with zero attached hydrogens (tertiary/aromatic N) is 5. The summed E-state index contributed by atoms with van der Waals surface area (Å²) in [6.07, 6.45) is 3.32. The van der Waals surface area contributed by atoms with Crippen molar-refractivity contribution in [1.29, 1.82) is 0 Å². The van der Waals surface area contributed by atoms with Gasteiger partial charge in [0.15, 0.2) is 11.5 Å². The number of rotatable bonds is 5. The molecular weight excluding hydrogens is 344 g/mol. The first-order valence-corrected chi connectivity index (χ1v) is 9.12. The van der Waals surface area contributed by atoms with E-state index in [1.807, 2.05) is 33.7 Å². The summed E-state index contributed by atoms with van der Waals surface area (Å²) in [5.41, 5.74) is 3.35. The Bertz CT molecular complexity index is 931. The number of hydrogen-bond acceptors (Lipinski definition) is 6. The van der Waals surface area contributed by atoms with E-state index in [2.05, 4.69) is 27.2 Å². The van der Waals surface area contributed by atoms with Crippen molar-refractivity contribution in [3.05, 3.63) is 48.0 Å². The predicted molar refractivity (Wildman–Crippen MR) is 101 cm³/mol. The minimum absolute atomic E-state index is 0.0559. The topological polar surface area (TPSA) is 85.2 Å². The number of benzene rings is 1. The highest BCUT2D eigenvalue weighted by atomic mass is 16.5. The Labute approximate surface area is 157 Å². The van der Waals surface area contributed by atoms with E-state index in [0.717, 1.165) is 23.3 Å². The first-order valence-electron chi connectivity index (χ1n) is 9.12. The highest BCUT2D eigenvalue weighted by molar-refractivity contribution is 5.94. The number of fused-ring (bicyclic) bond motifs is 1. The van der Waals surface area contributed by atoms with Crippen molar-refractivity contribution in [3.8, 4) is 0 Å². The molecule has 0 spiro atoms. The molecule has 0 bridgehead atoms. The van der Waals surface area contributed by atoms with Gasteiger partial charge in [-0.15, -0.1) is 0 Å². The van der Waals surface area contributed by atoms with Crippen LogP contribution < -0.4 is 5.32 Å². The molecule has 27 heavy (non-hydrogen) atoms. The third kappa shape index (κ3) is 3.61. The van der Waals surface area contributed by atoms with Crippen LogP contribution in [0.1, 0.15) is 22.8 Å². The third-order valence-corrected chi connectivity index (χ3v) is 4.70. The molecule has 3 heterocycles. The molecule has 1 aliphatic rings. The van der Waals surface area contributed by atoms with E-state index in [0.29, 0.717) is 44.2 Å². The SMILES string of the molecule is CCn1cnc2c(NCc3ccc(C(=O)N4CCOCC4)cc3)ncnc21. The standard InChI is InChI=1S/C19H22N6O2/c1-2-24-13-23-16-17(21-12-22-18(16)24)20-11-14-3-5-15(6-4-14)19(26)25-7-9-27-10-8-25/h3-6,12-13H,2,7-11H2,1H3,(H,20,21,22). The van der Waals surface area contributed by atoms with Crippen LogP contribution in [-0.4, -0.2) is 56.6 Å². The molecule has 1 N–H and O–H groups in total. The third-order valence-electron chi connectivity index (χ3n) is 4.70. The lowest BCUT2D eigenvalue weighted by atomic mass is 10.1. The lowest BCUT2D eigenvalue weighted by Crippen LogP contribution is -2.40. The van der Waals surface area contributed by atoms with Gasteiger partial charge < -0.3 is 19.5 Å². The molecule has 1 aromatic carbocycles. The lowest BCUT2D eigenvalue weighted by Gasteiger charge is -2.26. The number of imidazole rings is 1. The Morgan fingerprint density at radius 1 is 1.15 bits per heavy atom. The number of aromatic nitrogens is 4. The van der Waals surface area contributed by atoms with E-state index >= 15 is 0 Å². The van der Waals surface area contributed by atoms with Gasteiger partial charge in [-0.3, -0.25) is 4.79 Å². The molecule has 8 heteroatoms. The molecular formula is C19H22N6O2. The highest BCUT2D eigenvalue weighted by Gasteiger charge is 2.18. The molecule has 4 rings (SSSR count). The second kappa shape index (κ2) is 7.71. The maximum absolute atomic E-state index is 12.5. The average molecular weight is 366 g/mol. The number of morpholine rings is 1. The Hall–Kier alpha value is -3.00. The monoisotopic (exact) mass is 366 g/mol. The number of carbonyl (C=O) groups excluding carboxylic acids is 1. The predicted octanol–water partition coefficient (Wildman–Crippen LogP) is 1.93. The van der Waals surface area contributed by atoms with E-state index in [1.165, 1.54) is 0 Å². The van der Waals surface area contributed by atoms with Crippen molar-refractivity contribution in [2.75, 3.05) is 31.6 Å². The molecule has 2 aromatic heterocycles. The lowest BCUT2D eigenvalue weighted by molar-refractivity contribution is 0.0303. The van der Waals surface area contributed by atoms with Gasteiger partial charge in [-0.1, -0.05) is 12.1 Å². The Morgan fingerprint density at radius 3 is 2.67 bits per heavy atom. The molecule has 1 saturated heterocycles. The van der Waals surface area contributed by atoms with Gasteiger partial charge in [-0.05, 0) is 24.6 Å². The van der Waals surface area contributed by atoms with E-state index in [9.17, 15) is 4.79 Å². The van der Waals surface area contributed by atoms with Gasteiger partial charge in [0.25, 0.3) is 5.91 Å². The number of nitrogens with one attached hydrogen (secondary N) is 1. The van der Waals surface area contributed by atoms with Crippen molar-refractivity contribution in [2.24, 2.45) is 0 Å². The minimum atomic E-state index is 0.0559. The molecule has 0 radical (unpaired) electrons. The van der Waals surface area contributed by atoms with Gasteiger partial charge in [0, 0.05) is 31.7 Å². The second-order valence-electron chi connectivity index (χ2n) is 6.38. The molecule has 0 atom stereocenters. The number of aryl methyl sites for hydroxylation is 1. The number of anilines is 1. The zero-order valence-electron chi connectivity index (χ0n) is 15.3. The summed E-state index contributed by atoms with van der Waals surface area (Å²) in [5, 5.41) is 3.31. The maximum Gasteiger partial charge on any atom is 0.254 e. The van der Waals surface area contributed by atoms with Gasteiger partial charge in [0.1, 0.15) is 11.8 Å². The first kappa shape index (κ1) is 17.4.